The molecule has 164 valence electrons. The highest BCUT2D eigenvalue weighted by Crippen LogP contribution is 2.15. The lowest BCUT2D eigenvalue weighted by atomic mass is 10.0. The van der Waals surface area contributed by atoms with Crippen LogP contribution >= 0.6 is 0 Å². The molecule has 1 aromatic heterocycles. The number of likely N-dealkylation sites (tertiary alicyclic amines) is 1. The molecule has 2 N–H and O–H groups in total. The summed E-state index contributed by atoms with van der Waals surface area (Å²) in [6, 6.07) is 22.8. The van der Waals surface area contributed by atoms with Crippen molar-refractivity contribution < 1.29 is 14.0 Å². The third kappa shape index (κ3) is 5.95. The molecule has 0 bridgehead atoms. The normalized spacial score (nSPS) is 15.3. The van der Waals surface area contributed by atoms with Gasteiger partial charge in [-0.3, -0.25) is 14.5 Å². The first-order chi connectivity index (χ1) is 15.7. The van der Waals surface area contributed by atoms with Crippen molar-refractivity contribution in [3.63, 3.8) is 0 Å². The monoisotopic (exact) mass is 429 g/mol. The zero-order valence-corrected chi connectivity index (χ0v) is 17.9. The van der Waals surface area contributed by atoms with Crippen molar-refractivity contribution in [2.75, 3.05) is 13.1 Å². The highest BCUT2D eigenvalue weighted by Gasteiger charge is 2.23. The Morgan fingerprint density at radius 3 is 2.28 bits per heavy atom. The van der Waals surface area contributed by atoms with Gasteiger partial charge in [0.15, 0.2) is 0 Å². The fourth-order valence-electron chi connectivity index (χ4n) is 3.80. The minimum absolute atomic E-state index is 0.0585. The summed E-state index contributed by atoms with van der Waals surface area (Å²) in [6.45, 7) is 2.74. The van der Waals surface area contributed by atoms with Crippen molar-refractivity contribution in [3.05, 3.63) is 102 Å². The van der Waals surface area contributed by atoms with Gasteiger partial charge in [0.25, 0.3) is 11.8 Å². The molecule has 0 atom stereocenters. The molecule has 3 aromatic rings. The Bertz CT molecular complexity index is 1040. The molecule has 4 rings (SSSR count). The largest absolute Gasteiger partial charge is 0.465 e. The van der Waals surface area contributed by atoms with Crippen LogP contribution in [0.5, 0.6) is 0 Å². The van der Waals surface area contributed by atoms with Gasteiger partial charge in [-0.2, -0.15) is 0 Å². The molecule has 32 heavy (non-hydrogen) atoms. The molecule has 0 spiro atoms. The maximum absolute atomic E-state index is 13.0. The highest BCUT2D eigenvalue weighted by atomic mass is 16.3. The van der Waals surface area contributed by atoms with Gasteiger partial charge in [-0.25, -0.2) is 0 Å². The number of nitrogens with one attached hydrogen (secondary N) is 2. The summed E-state index contributed by atoms with van der Waals surface area (Å²) < 4.78 is 5.35. The maximum Gasteiger partial charge on any atom is 0.268 e. The van der Waals surface area contributed by atoms with Crippen LogP contribution in [0.1, 0.15) is 34.5 Å². The number of nitrogens with zero attached hydrogens (tertiary/aromatic N) is 1. The van der Waals surface area contributed by atoms with E-state index in [1.807, 2.05) is 12.1 Å². The summed E-state index contributed by atoms with van der Waals surface area (Å²) in [5, 5.41) is 5.82. The smallest absolute Gasteiger partial charge is 0.268 e. The second kappa shape index (κ2) is 10.6. The summed E-state index contributed by atoms with van der Waals surface area (Å²) in [5.74, 6) is -0.149. The van der Waals surface area contributed by atoms with Gasteiger partial charge >= 0.3 is 0 Å². The molecule has 6 nitrogen and oxygen atoms in total. The SMILES string of the molecule is O=C(NC1CCN(Cc2ccccc2)CC1)C(=Cc1ccco1)NC(=O)c1ccccc1. The Hall–Kier alpha value is -3.64. The molecule has 2 amide bonds. The zero-order chi connectivity index (χ0) is 22.2. The van der Waals surface area contributed by atoms with Gasteiger partial charge in [0.05, 0.1) is 6.26 Å². The standard InChI is InChI=1S/C26H27N3O3/c30-25(21-10-5-2-6-11-21)28-24(18-23-12-7-17-32-23)26(31)27-22-13-15-29(16-14-22)19-20-8-3-1-4-9-20/h1-12,17-18,22H,13-16,19H2,(H,27,31)(H,28,30). The molecule has 1 aliphatic rings. The molecule has 1 aliphatic heterocycles. The second-order valence-corrected chi connectivity index (χ2v) is 7.90. The molecule has 2 heterocycles. The Morgan fingerprint density at radius 1 is 0.938 bits per heavy atom. The first-order valence-electron chi connectivity index (χ1n) is 10.9. The molecule has 0 unspecified atom stereocenters. The fraction of sp³-hybridized carbons (Fsp3) is 0.231. The Balaban J connectivity index is 1.37. The summed E-state index contributed by atoms with van der Waals surface area (Å²) in [6.07, 6.45) is 4.81. The van der Waals surface area contributed by atoms with Gasteiger partial charge in [-0.15, -0.1) is 0 Å². The Labute approximate surface area is 187 Å². The highest BCUT2D eigenvalue weighted by molar-refractivity contribution is 6.05. The van der Waals surface area contributed by atoms with Crippen LogP contribution in [-0.2, 0) is 11.3 Å². The van der Waals surface area contributed by atoms with Gasteiger partial charge in [0, 0.05) is 37.3 Å². The number of furan rings is 1. The lowest BCUT2D eigenvalue weighted by Crippen LogP contribution is -2.46. The van der Waals surface area contributed by atoms with Crippen LogP contribution < -0.4 is 10.6 Å². The first kappa shape index (κ1) is 21.6. The number of carbonyl (C=O) groups excluding carboxylic acids is 2. The number of rotatable bonds is 7. The van der Waals surface area contributed by atoms with E-state index >= 15 is 0 Å². The average molecular weight is 430 g/mol. The number of hydrogen-bond donors (Lipinski definition) is 2. The van der Waals surface area contributed by atoms with Crippen molar-refractivity contribution in [1.29, 1.82) is 0 Å². The van der Waals surface area contributed by atoms with Gasteiger partial charge in [0.1, 0.15) is 11.5 Å². The van der Waals surface area contributed by atoms with Crippen LogP contribution in [0.25, 0.3) is 6.08 Å². The van der Waals surface area contributed by atoms with E-state index in [4.69, 9.17) is 4.42 Å². The predicted octanol–water partition coefficient (Wildman–Crippen LogP) is 3.83. The minimum atomic E-state index is -0.337. The number of hydrogen-bond acceptors (Lipinski definition) is 4. The van der Waals surface area contributed by atoms with E-state index in [0.717, 1.165) is 32.5 Å². The zero-order valence-electron chi connectivity index (χ0n) is 17.9. The lowest BCUT2D eigenvalue weighted by molar-refractivity contribution is -0.118. The number of benzene rings is 2. The van der Waals surface area contributed by atoms with Gasteiger partial charge in [0.2, 0.25) is 0 Å². The second-order valence-electron chi connectivity index (χ2n) is 7.90. The van der Waals surface area contributed by atoms with Crippen molar-refractivity contribution in [1.82, 2.24) is 15.5 Å². The van der Waals surface area contributed by atoms with Gasteiger partial charge in [-0.1, -0.05) is 48.5 Å². The van der Waals surface area contributed by atoms with Crippen LogP contribution in [0.15, 0.2) is 89.2 Å². The Morgan fingerprint density at radius 2 is 1.62 bits per heavy atom. The summed E-state index contributed by atoms with van der Waals surface area (Å²) >= 11 is 0. The van der Waals surface area contributed by atoms with Crippen LogP contribution in [0.3, 0.4) is 0 Å². The quantitative estimate of drug-likeness (QED) is 0.560. The van der Waals surface area contributed by atoms with E-state index in [0.29, 0.717) is 11.3 Å². The average Bonchev–Trinajstić information content (AvgIpc) is 3.34. The summed E-state index contributed by atoms with van der Waals surface area (Å²) in [5.41, 5.74) is 1.95. The molecule has 1 fully saturated rings. The van der Waals surface area contributed by atoms with E-state index in [2.05, 4.69) is 39.8 Å². The fourth-order valence-corrected chi connectivity index (χ4v) is 3.80. The Kier molecular flexibility index (Phi) is 7.15. The van der Waals surface area contributed by atoms with Gasteiger partial charge < -0.3 is 15.1 Å². The predicted molar refractivity (Wildman–Crippen MR) is 123 cm³/mol. The van der Waals surface area contributed by atoms with E-state index < -0.39 is 0 Å². The third-order valence-corrected chi connectivity index (χ3v) is 5.53. The van der Waals surface area contributed by atoms with Crippen molar-refractivity contribution in [2.24, 2.45) is 0 Å². The number of amides is 2. The minimum Gasteiger partial charge on any atom is -0.465 e. The van der Waals surface area contributed by atoms with Crippen LogP contribution in [-0.4, -0.2) is 35.8 Å². The third-order valence-electron chi connectivity index (χ3n) is 5.53. The molecule has 6 heteroatoms. The van der Waals surface area contributed by atoms with E-state index in [1.54, 1.807) is 42.5 Å². The molecule has 0 saturated carbocycles. The molecular formula is C26H27N3O3. The van der Waals surface area contributed by atoms with Crippen LogP contribution in [0.4, 0.5) is 0 Å². The first-order valence-corrected chi connectivity index (χ1v) is 10.9. The topological polar surface area (TPSA) is 74.6 Å². The molecule has 0 aliphatic carbocycles. The van der Waals surface area contributed by atoms with E-state index in [1.165, 1.54) is 11.8 Å². The summed E-state index contributed by atoms with van der Waals surface area (Å²) in [7, 11) is 0. The van der Waals surface area contributed by atoms with Crippen LogP contribution in [0.2, 0.25) is 0 Å². The molecule has 1 saturated heterocycles. The maximum atomic E-state index is 13.0. The molecule has 0 radical (unpaired) electrons. The van der Waals surface area contributed by atoms with E-state index in [9.17, 15) is 9.59 Å². The summed E-state index contributed by atoms with van der Waals surface area (Å²) in [4.78, 5) is 28.1. The van der Waals surface area contributed by atoms with Crippen molar-refractivity contribution in [3.8, 4) is 0 Å². The molecule has 2 aromatic carbocycles. The lowest BCUT2D eigenvalue weighted by Gasteiger charge is -2.32. The van der Waals surface area contributed by atoms with Gasteiger partial charge in [-0.05, 0) is 42.7 Å². The number of piperidine rings is 1. The molecular weight excluding hydrogens is 402 g/mol. The van der Waals surface area contributed by atoms with E-state index in [-0.39, 0.29) is 23.6 Å². The van der Waals surface area contributed by atoms with Crippen molar-refractivity contribution in [2.45, 2.75) is 25.4 Å². The van der Waals surface area contributed by atoms with Crippen molar-refractivity contribution >= 4 is 17.9 Å². The van der Waals surface area contributed by atoms with Crippen LogP contribution in [0, 0.1) is 0 Å². The number of carbonyl (C=O) groups is 2.